The molecule has 1 atom stereocenters. The molecular formula is C18H24N2O2. The number of ether oxygens (including phenoxy) is 1. The van der Waals surface area contributed by atoms with E-state index < -0.39 is 0 Å². The Labute approximate surface area is 131 Å². The first-order valence-electron chi connectivity index (χ1n) is 8.10. The summed E-state index contributed by atoms with van der Waals surface area (Å²) in [5, 5.41) is 1.30. The standard InChI is InChI=1S/C18H24N2O2/c1-13-18-15(14-7-3-4-8-16(14)19-18)10-11-20(13)17(21)9-5-6-12-22-2/h3-4,7-8,13,19H,5-6,9-12H2,1-2H3/t13-/m1/s1. The van der Waals surface area contributed by atoms with Crippen LogP contribution in [0.2, 0.25) is 0 Å². The molecule has 1 amide bonds. The van der Waals surface area contributed by atoms with Crippen LogP contribution < -0.4 is 0 Å². The molecule has 0 unspecified atom stereocenters. The Hall–Kier alpha value is -1.81. The SMILES string of the molecule is COCCCCC(=O)N1CCc2c([nH]c3ccccc23)[C@H]1C. The fourth-order valence-corrected chi connectivity index (χ4v) is 3.44. The average molecular weight is 300 g/mol. The van der Waals surface area contributed by atoms with E-state index in [1.807, 2.05) is 11.0 Å². The van der Waals surface area contributed by atoms with Gasteiger partial charge in [0.25, 0.3) is 0 Å². The number of para-hydroxylation sites is 1. The van der Waals surface area contributed by atoms with Crippen LogP contribution in [0.3, 0.4) is 0 Å². The van der Waals surface area contributed by atoms with Crippen LogP contribution in [0.15, 0.2) is 24.3 Å². The van der Waals surface area contributed by atoms with E-state index in [1.165, 1.54) is 22.2 Å². The van der Waals surface area contributed by atoms with Crippen molar-refractivity contribution in [1.82, 2.24) is 9.88 Å². The zero-order valence-electron chi connectivity index (χ0n) is 13.4. The predicted octanol–water partition coefficient (Wildman–Crippen LogP) is 3.43. The molecule has 0 saturated heterocycles. The molecular weight excluding hydrogens is 276 g/mol. The molecule has 0 bridgehead atoms. The minimum absolute atomic E-state index is 0.131. The normalized spacial score (nSPS) is 17.7. The number of benzene rings is 1. The van der Waals surface area contributed by atoms with Crippen LogP contribution in [0.25, 0.3) is 10.9 Å². The second-order valence-corrected chi connectivity index (χ2v) is 6.03. The number of carbonyl (C=O) groups is 1. The summed E-state index contributed by atoms with van der Waals surface area (Å²) < 4.78 is 5.04. The lowest BCUT2D eigenvalue weighted by Crippen LogP contribution is -2.38. The van der Waals surface area contributed by atoms with E-state index in [0.29, 0.717) is 6.42 Å². The van der Waals surface area contributed by atoms with Crippen molar-refractivity contribution in [3.63, 3.8) is 0 Å². The topological polar surface area (TPSA) is 45.3 Å². The number of aromatic nitrogens is 1. The average Bonchev–Trinajstić information content (AvgIpc) is 2.91. The predicted molar refractivity (Wildman–Crippen MR) is 87.9 cm³/mol. The van der Waals surface area contributed by atoms with Crippen LogP contribution in [-0.4, -0.2) is 36.1 Å². The summed E-state index contributed by atoms with van der Waals surface area (Å²) in [6.45, 7) is 3.68. The van der Waals surface area contributed by atoms with E-state index in [0.717, 1.165) is 32.4 Å². The molecule has 118 valence electrons. The maximum Gasteiger partial charge on any atom is 0.223 e. The molecule has 1 aromatic heterocycles. The molecule has 22 heavy (non-hydrogen) atoms. The van der Waals surface area contributed by atoms with Crippen LogP contribution in [0.1, 0.15) is 43.5 Å². The third-order valence-electron chi connectivity index (χ3n) is 4.64. The van der Waals surface area contributed by atoms with Crippen LogP contribution in [0.4, 0.5) is 0 Å². The number of carbonyl (C=O) groups excluding carboxylic acids is 1. The number of aromatic amines is 1. The van der Waals surface area contributed by atoms with E-state index in [4.69, 9.17) is 4.74 Å². The van der Waals surface area contributed by atoms with Gasteiger partial charge in [0.05, 0.1) is 6.04 Å². The lowest BCUT2D eigenvalue weighted by atomic mass is 9.98. The van der Waals surface area contributed by atoms with Crippen molar-refractivity contribution < 1.29 is 9.53 Å². The van der Waals surface area contributed by atoms with E-state index in [9.17, 15) is 4.79 Å². The highest BCUT2D eigenvalue weighted by molar-refractivity contribution is 5.86. The van der Waals surface area contributed by atoms with Gasteiger partial charge in [0.1, 0.15) is 0 Å². The Morgan fingerprint density at radius 1 is 1.36 bits per heavy atom. The molecule has 1 aromatic carbocycles. The highest BCUT2D eigenvalue weighted by atomic mass is 16.5. The molecule has 1 aliphatic heterocycles. The summed E-state index contributed by atoms with van der Waals surface area (Å²) in [5.41, 5.74) is 3.76. The molecule has 0 radical (unpaired) electrons. The number of nitrogens with zero attached hydrogens (tertiary/aromatic N) is 1. The minimum Gasteiger partial charge on any atom is -0.385 e. The van der Waals surface area contributed by atoms with Gasteiger partial charge in [-0.2, -0.15) is 0 Å². The molecule has 0 spiro atoms. The number of rotatable bonds is 5. The van der Waals surface area contributed by atoms with Crippen molar-refractivity contribution in [3.8, 4) is 0 Å². The van der Waals surface area contributed by atoms with Gasteiger partial charge in [0, 0.05) is 43.3 Å². The van der Waals surface area contributed by atoms with Crippen LogP contribution in [0, 0.1) is 0 Å². The molecule has 4 nitrogen and oxygen atoms in total. The summed E-state index contributed by atoms with van der Waals surface area (Å²) in [4.78, 5) is 18.0. The molecule has 2 heterocycles. The Morgan fingerprint density at radius 2 is 2.18 bits per heavy atom. The van der Waals surface area contributed by atoms with E-state index in [2.05, 4.69) is 30.1 Å². The van der Waals surface area contributed by atoms with Crippen LogP contribution in [-0.2, 0) is 16.0 Å². The number of unbranched alkanes of at least 4 members (excludes halogenated alkanes) is 1. The van der Waals surface area contributed by atoms with E-state index >= 15 is 0 Å². The van der Waals surface area contributed by atoms with Gasteiger partial charge >= 0.3 is 0 Å². The third kappa shape index (κ3) is 2.75. The third-order valence-corrected chi connectivity index (χ3v) is 4.64. The molecule has 1 aliphatic rings. The lowest BCUT2D eigenvalue weighted by Gasteiger charge is -2.33. The van der Waals surface area contributed by atoms with Crippen molar-refractivity contribution in [1.29, 1.82) is 0 Å². The number of H-pyrrole nitrogens is 1. The maximum atomic E-state index is 12.5. The minimum atomic E-state index is 0.131. The number of hydrogen-bond acceptors (Lipinski definition) is 2. The summed E-state index contributed by atoms with van der Waals surface area (Å²) in [7, 11) is 1.70. The summed E-state index contributed by atoms with van der Waals surface area (Å²) >= 11 is 0. The summed E-state index contributed by atoms with van der Waals surface area (Å²) in [6.07, 6.45) is 3.40. The number of hydrogen-bond donors (Lipinski definition) is 1. The fourth-order valence-electron chi connectivity index (χ4n) is 3.44. The van der Waals surface area contributed by atoms with Crippen molar-refractivity contribution in [2.75, 3.05) is 20.3 Å². The number of fused-ring (bicyclic) bond motifs is 3. The van der Waals surface area contributed by atoms with Gasteiger partial charge in [-0.25, -0.2) is 0 Å². The molecule has 3 rings (SSSR count). The van der Waals surface area contributed by atoms with Gasteiger partial charge in [0.15, 0.2) is 0 Å². The van der Waals surface area contributed by atoms with Gasteiger partial charge in [-0.15, -0.1) is 0 Å². The van der Waals surface area contributed by atoms with E-state index in [1.54, 1.807) is 7.11 Å². The molecule has 1 N–H and O–H groups in total. The second kappa shape index (κ2) is 6.53. The quantitative estimate of drug-likeness (QED) is 0.860. The van der Waals surface area contributed by atoms with Crippen molar-refractivity contribution in [3.05, 3.63) is 35.5 Å². The Bertz CT molecular complexity index is 662. The number of nitrogens with one attached hydrogen (secondary N) is 1. The summed E-state index contributed by atoms with van der Waals surface area (Å²) in [5.74, 6) is 0.257. The highest BCUT2D eigenvalue weighted by Gasteiger charge is 2.29. The van der Waals surface area contributed by atoms with Gasteiger partial charge in [-0.05, 0) is 37.8 Å². The zero-order chi connectivity index (χ0) is 15.5. The molecule has 0 aliphatic carbocycles. The van der Waals surface area contributed by atoms with Crippen LogP contribution >= 0.6 is 0 Å². The van der Waals surface area contributed by atoms with Gasteiger partial charge in [-0.3, -0.25) is 4.79 Å². The van der Waals surface area contributed by atoms with Gasteiger partial charge in [-0.1, -0.05) is 18.2 Å². The Morgan fingerprint density at radius 3 is 3.00 bits per heavy atom. The monoisotopic (exact) mass is 300 g/mol. The molecule has 0 saturated carbocycles. The van der Waals surface area contributed by atoms with Gasteiger partial charge in [0.2, 0.25) is 5.91 Å². The van der Waals surface area contributed by atoms with Crippen molar-refractivity contribution in [2.24, 2.45) is 0 Å². The largest absolute Gasteiger partial charge is 0.385 e. The first-order valence-corrected chi connectivity index (χ1v) is 8.10. The Balaban J connectivity index is 1.73. The van der Waals surface area contributed by atoms with Gasteiger partial charge < -0.3 is 14.6 Å². The lowest BCUT2D eigenvalue weighted by molar-refractivity contribution is -0.134. The van der Waals surface area contributed by atoms with Crippen molar-refractivity contribution in [2.45, 2.75) is 38.6 Å². The zero-order valence-corrected chi connectivity index (χ0v) is 13.4. The molecule has 4 heteroatoms. The smallest absolute Gasteiger partial charge is 0.223 e. The Kier molecular flexibility index (Phi) is 4.48. The maximum absolute atomic E-state index is 12.5. The first-order chi connectivity index (χ1) is 10.7. The molecule has 2 aromatic rings. The van der Waals surface area contributed by atoms with E-state index in [-0.39, 0.29) is 11.9 Å². The number of methoxy groups -OCH3 is 1. The summed E-state index contributed by atoms with van der Waals surface area (Å²) in [6, 6.07) is 8.53. The first kappa shape index (κ1) is 15.1. The van der Waals surface area contributed by atoms with Crippen LogP contribution in [0.5, 0.6) is 0 Å². The second-order valence-electron chi connectivity index (χ2n) is 6.03. The van der Waals surface area contributed by atoms with Crippen molar-refractivity contribution >= 4 is 16.8 Å². The highest BCUT2D eigenvalue weighted by Crippen LogP contribution is 2.34. The number of amides is 1. The molecule has 0 fully saturated rings. The fraction of sp³-hybridized carbons (Fsp3) is 0.500.